The molecule has 1 unspecified atom stereocenters. The van der Waals surface area contributed by atoms with E-state index >= 15 is 0 Å². The van der Waals surface area contributed by atoms with Crippen LogP contribution < -0.4 is 15.4 Å². The van der Waals surface area contributed by atoms with Gasteiger partial charge >= 0.3 is 0 Å². The molecule has 102 valence electrons. The summed E-state index contributed by atoms with van der Waals surface area (Å²) in [6.45, 7) is 4.04. The van der Waals surface area contributed by atoms with Crippen molar-refractivity contribution < 1.29 is 9.53 Å². The molecule has 2 aliphatic rings. The van der Waals surface area contributed by atoms with Gasteiger partial charge in [0.15, 0.2) is 6.10 Å². The second-order valence-corrected chi connectivity index (χ2v) is 5.72. The highest BCUT2D eigenvalue weighted by molar-refractivity contribution is 5.83. The van der Waals surface area contributed by atoms with Crippen molar-refractivity contribution in [3.05, 3.63) is 29.8 Å². The van der Waals surface area contributed by atoms with Crippen LogP contribution in [0.15, 0.2) is 24.3 Å². The van der Waals surface area contributed by atoms with E-state index in [4.69, 9.17) is 4.74 Å². The maximum absolute atomic E-state index is 12.3. The van der Waals surface area contributed by atoms with E-state index < -0.39 is 0 Å². The zero-order valence-corrected chi connectivity index (χ0v) is 11.2. The minimum Gasteiger partial charge on any atom is -0.480 e. The lowest BCUT2D eigenvalue weighted by Crippen LogP contribution is -2.55. The minimum atomic E-state index is -0.371. The van der Waals surface area contributed by atoms with E-state index in [1.54, 1.807) is 0 Å². The average molecular weight is 260 g/mol. The molecule has 2 aliphatic heterocycles. The third-order valence-corrected chi connectivity index (χ3v) is 4.07. The molecule has 0 spiro atoms. The van der Waals surface area contributed by atoms with Gasteiger partial charge in [0, 0.05) is 12.0 Å². The largest absolute Gasteiger partial charge is 0.480 e. The lowest BCUT2D eigenvalue weighted by atomic mass is 9.90. The van der Waals surface area contributed by atoms with Crippen LogP contribution in [-0.4, -0.2) is 30.6 Å². The summed E-state index contributed by atoms with van der Waals surface area (Å²) in [5, 5.41) is 6.48. The summed E-state index contributed by atoms with van der Waals surface area (Å²) >= 11 is 0. The highest BCUT2D eigenvalue weighted by Gasteiger charge is 2.34. The van der Waals surface area contributed by atoms with Crippen LogP contribution in [0, 0.1) is 0 Å². The van der Waals surface area contributed by atoms with E-state index in [0.717, 1.165) is 37.2 Å². The molecular weight excluding hydrogens is 240 g/mol. The summed E-state index contributed by atoms with van der Waals surface area (Å²) in [6.07, 6.45) is 2.25. The van der Waals surface area contributed by atoms with Crippen molar-refractivity contribution in [3.8, 4) is 5.75 Å². The van der Waals surface area contributed by atoms with Crippen LogP contribution in [0.1, 0.15) is 25.3 Å². The summed E-state index contributed by atoms with van der Waals surface area (Å²) < 4.78 is 5.73. The van der Waals surface area contributed by atoms with Gasteiger partial charge in [0.05, 0.1) is 0 Å². The lowest BCUT2D eigenvalue weighted by molar-refractivity contribution is -0.129. The molecule has 0 radical (unpaired) electrons. The molecule has 1 amide bonds. The number of rotatable bonds is 2. The molecular formula is C15H20N2O2. The van der Waals surface area contributed by atoms with Crippen LogP contribution in [0.3, 0.4) is 0 Å². The Labute approximate surface area is 113 Å². The van der Waals surface area contributed by atoms with Gasteiger partial charge in [-0.1, -0.05) is 18.2 Å². The normalized spacial score (nSPS) is 24.4. The van der Waals surface area contributed by atoms with Crippen molar-refractivity contribution in [1.29, 1.82) is 0 Å². The van der Waals surface area contributed by atoms with E-state index in [1.165, 1.54) is 0 Å². The molecule has 3 rings (SSSR count). The van der Waals surface area contributed by atoms with Gasteiger partial charge in [0.2, 0.25) is 0 Å². The van der Waals surface area contributed by atoms with Crippen molar-refractivity contribution in [3.63, 3.8) is 0 Å². The standard InChI is InChI=1S/C15H20N2O2/c1-15(6-8-16-9-7-15)17-14(18)13-10-11-4-2-3-5-12(11)19-13/h2-5,13,16H,6-10H2,1H3,(H,17,18). The number of hydrogen-bond acceptors (Lipinski definition) is 3. The number of para-hydroxylation sites is 1. The van der Waals surface area contributed by atoms with E-state index in [2.05, 4.69) is 17.6 Å². The first-order valence-corrected chi connectivity index (χ1v) is 6.94. The Kier molecular flexibility index (Phi) is 3.19. The van der Waals surface area contributed by atoms with Crippen molar-refractivity contribution in [2.75, 3.05) is 13.1 Å². The van der Waals surface area contributed by atoms with E-state index in [9.17, 15) is 4.79 Å². The predicted molar refractivity (Wildman–Crippen MR) is 73.2 cm³/mol. The second kappa shape index (κ2) is 4.85. The van der Waals surface area contributed by atoms with Gasteiger partial charge in [-0.15, -0.1) is 0 Å². The van der Waals surface area contributed by atoms with Crippen molar-refractivity contribution in [2.24, 2.45) is 0 Å². The number of amides is 1. The predicted octanol–water partition coefficient (Wildman–Crippen LogP) is 1.25. The van der Waals surface area contributed by atoms with Gasteiger partial charge in [-0.2, -0.15) is 0 Å². The molecule has 1 saturated heterocycles. The highest BCUT2D eigenvalue weighted by Crippen LogP contribution is 2.28. The average Bonchev–Trinajstić information content (AvgIpc) is 2.83. The van der Waals surface area contributed by atoms with Crippen LogP contribution >= 0.6 is 0 Å². The van der Waals surface area contributed by atoms with Gasteiger partial charge in [-0.25, -0.2) is 0 Å². The molecule has 19 heavy (non-hydrogen) atoms. The molecule has 4 heteroatoms. The molecule has 0 aromatic heterocycles. The number of piperidine rings is 1. The first kappa shape index (κ1) is 12.5. The van der Waals surface area contributed by atoms with Crippen LogP contribution in [-0.2, 0) is 11.2 Å². The maximum atomic E-state index is 12.3. The Morgan fingerprint density at radius 1 is 1.37 bits per heavy atom. The zero-order valence-electron chi connectivity index (χ0n) is 11.2. The zero-order chi connectivity index (χ0) is 13.3. The summed E-state index contributed by atoms with van der Waals surface area (Å²) in [5.41, 5.74) is 1.03. The van der Waals surface area contributed by atoms with Gasteiger partial charge in [0.25, 0.3) is 5.91 Å². The Hall–Kier alpha value is -1.55. The van der Waals surface area contributed by atoms with Crippen LogP contribution in [0.25, 0.3) is 0 Å². The lowest BCUT2D eigenvalue weighted by Gasteiger charge is -2.35. The SMILES string of the molecule is CC1(NC(=O)C2Cc3ccccc3O2)CCNCC1. The Morgan fingerprint density at radius 2 is 2.11 bits per heavy atom. The smallest absolute Gasteiger partial charge is 0.261 e. The number of carbonyl (C=O) groups is 1. The fraction of sp³-hybridized carbons (Fsp3) is 0.533. The van der Waals surface area contributed by atoms with Crippen molar-refractivity contribution in [1.82, 2.24) is 10.6 Å². The summed E-state index contributed by atoms with van der Waals surface area (Å²) in [5.74, 6) is 0.860. The van der Waals surface area contributed by atoms with Gasteiger partial charge < -0.3 is 15.4 Å². The maximum Gasteiger partial charge on any atom is 0.261 e. The number of ether oxygens (including phenoxy) is 1. The quantitative estimate of drug-likeness (QED) is 0.841. The second-order valence-electron chi connectivity index (χ2n) is 5.72. The van der Waals surface area contributed by atoms with Gasteiger partial charge in [0.1, 0.15) is 5.75 Å². The minimum absolute atomic E-state index is 0.0144. The Balaban J connectivity index is 1.63. The Morgan fingerprint density at radius 3 is 2.84 bits per heavy atom. The molecule has 1 fully saturated rings. The first-order valence-electron chi connectivity index (χ1n) is 6.94. The molecule has 0 aliphatic carbocycles. The molecule has 4 nitrogen and oxygen atoms in total. The van der Waals surface area contributed by atoms with Crippen molar-refractivity contribution in [2.45, 2.75) is 37.8 Å². The first-order chi connectivity index (χ1) is 9.16. The fourth-order valence-corrected chi connectivity index (χ4v) is 2.81. The number of benzene rings is 1. The number of hydrogen-bond donors (Lipinski definition) is 2. The van der Waals surface area contributed by atoms with E-state index in [-0.39, 0.29) is 17.6 Å². The molecule has 0 bridgehead atoms. The monoisotopic (exact) mass is 260 g/mol. The third-order valence-electron chi connectivity index (χ3n) is 4.07. The molecule has 2 N–H and O–H groups in total. The van der Waals surface area contributed by atoms with Crippen LogP contribution in [0.4, 0.5) is 0 Å². The Bertz CT molecular complexity index is 456. The highest BCUT2D eigenvalue weighted by atomic mass is 16.5. The summed E-state index contributed by atoms with van der Waals surface area (Å²) in [6, 6.07) is 7.87. The van der Waals surface area contributed by atoms with E-state index in [0.29, 0.717) is 6.42 Å². The van der Waals surface area contributed by atoms with E-state index in [1.807, 2.05) is 24.3 Å². The number of nitrogens with one attached hydrogen (secondary N) is 2. The van der Waals surface area contributed by atoms with Crippen molar-refractivity contribution >= 4 is 5.91 Å². The molecule has 2 heterocycles. The van der Waals surface area contributed by atoms with Gasteiger partial charge in [-0.3, -0.25) is 4.79 Å². The number of carbonyl (C=O) groups excluding carboxylic acids is 1. The summed E-state index contributed by atoms with van der Waals surface area (Å²) in [4.78, 5) is 12.3. The van der Waals surface area contributed by atoms with Crippen LogP contribution in [0.2, 0.25) is 0 Å². The number of fused-ring (bicyclic) bond motifs is 1. The third kappa shape index (κ3) is 2.59. The molecule has 1 atom stereocenters. The molecule has 1 aromatic rings. The van der Waals surface area contributed by atoms with Gasteiger partial charge in [-0.05, 0) is 44.5 Å². The topological polar surface area (TPSA) is 50.4 Å². The molecule has 0 saturated carbocycles. The fourth-order valence-electron chi connectivity index (χ4n) is 2.81. The molecule has 1 aromatic carbocycles. The van der Waals surface area contributed by atoms with Crippen LogP contribution in [0.5, 0.6) is 5.75 Å². The summed E-state index contributed by atoms with van der Waals surface area (Å²) in [7, 11) is 0.